The zero-order valence-electron chi connectivity index (χ0n) is 11.6. The van der Waals surface area contributed by atoms with Crippen molar-refractivity contribution in [2.24, 2.45) is 11.8 Å². The first-order valence-electron chi connectivity index (χ1n) is 6.84. The molecule has 118 valence electrons. The van der Waals surface area contributed by atoms with Crippen LogP contribution >= 0.6 is 40.7 Å². The zero-order chi connectivity index (χ0) is 13.2. The molecule has 0 saturated carbocycles. The molecule has 2 aliphatic rings. The van der Waals surface area contributed by atoms with Gasteiger partial charge in [-0.3, -0.25) is 9.78 Å². The van der Waals surface area contributed by atoms with E-state index in [9.17, 15) is 4.79 Å². The number of carbonyl (C=O) groups excluding carboxylic acids is 1. The lowest BCUT2D eigenvalue weighted by atomic mass is 9.92. The monoisotopic (exact) mass is 395 g/mol. The Balaban J connectivity index is 0.00000110. The summed E-state index contributed by atoms with van der Waals surface area (Å²) in [6.07, 6.45) is 5.59. The summed E-state index contributed by atoms with van der Waals surface area (Å²) < 4.78 is 0.856. The molecular weight excluding hydrogens is 377 g/mol. The van der Waals surface area contributed by atoms with Crippen molar-refractivity contribution in [3.63, 3.8) is 0 Å². The van der Waals surface area contributed by atoms with E-state index in [0.717, 1.165) is 55.3 Å². The smallest absolute Gasteiger partial charge is 0.255 e. The maximum atomic E-state index is 12.5. The van der Waals surface area contributed by atoms with Crippen LogP contribution in [0.2, 0.25) is 0 Å². The number of aromatic nitrogens is 1. The molecule has 2 aliphatic heterocycles. The molecule has 2 saturated heterocycles. The van der Waals surface area contributed by atoms with Crippen LogP contribution in [0.1, 0.15) is 23.2 Å². The Kier molecular flexibility index (Phi) is 7.40. The van der Waals surface area contributed by atoms with Crippen molar-refractivity contribution < 1.29 is 4.79 Å². The molecule has 7 heteroatoms. The minimum atomic E-state index is 0. The number of nitrogens with one attached hydrogen (secondary N) is 1. The summed E-state index contributed by atoms with van der Waals surface area (Å²) in [5.41, 5.74) is 0.680. The number of pyridine rings is 1. The van der Waals surface area contributed by atoms with E-state index < -0.39 is 0 Å². The predicted octanol–water partition coefficient (Wildman–Crippen LogP) is 2.76. The van der Waals surface area contributed by atoms with Gasteiger partial charge >= 0.3 is 0 Å². The van der Waals surface area contributed by atoms with Crippen molar-refractivity contribution in [3.8, 4) is 0 Å². The molecule has 4 nitrogen and oxygen atoms in total. The summed E-state index contributed by atoms with van der Waals surface area (Å²) in [7, 11) is 0. The van der Waals surface area contributed by atoms with Crippen LogP contribution in [0.3, 0.4) is 0 Å². The lowest BCUT2D eigenvalue weighted by molar-refractivity contribution is 0.0758. The fourth-order valence-electron chi connectivity index (χ4n) is 3.13. The number of hydrogen-bond donors (Lipinski definition) is 1. The highest BCUT2D eigenvalue weighted by molar-refractivity contribution is 9.10. The Hall–Kier alpha value is -0.360. The number of carbonyl (C=O) groups is 1. The molecule has 0 aromatic carbocycles. The molecule has 3 rings (SSSR count). The molecular formula is C14H20BrCl2N3O. The fraction of sp³-hybridized carbons (Fsp3) is 0.571. The van der Waals surface area contributed by atoms with Gasteiger partial charge in [0, 0.05) is 30.0 Å². The highest BCUT2D eigenvalue weighted by Gasteiger charge is 2.31. The van der Waals surface area contributed by atoms with E-state index in [-0.39, 0.29) is 30.7 Å². The van der Waals surface area contributed by atoms with E-state index in [1.54, 1.807) is 12.4 Å². The molecule has 1 aromatic heterocycles. The van der Waals surface area contributed by atoms with Gasteiger partial charge in [-0.2, -0.15) is 0 Å². The van der Waals surface area contributed by atoms with Crippen molar-refractivity contribution in [1.29, 1.82) is 0 Å². The number of amides is 1. The quantitative estimate of drug-likeness (QED) is 0.793. The summed E-state index contributed by atoms with van der Waals surface area (Å²) in [6.45, 7) is 3.97. The van der Waals surface area contributed by atoms with Crippen LogP contribution in [-0.2, 0) is 0 Å². The number of rotatable bonds is 1. The lowest BCUT2D eigenvalue weighted by Crippen LogP contribution is -2.32. The largest absolute Gasteiger partial charge is 0.339 e. The molecule has 2 atom stereocenters. The first kappa shape index (κ1) is 18.7. The molecule has 0 unspecified atom stereocenters. The Labute approximate surface area is 146 Å². The average molecular weight is 397 g/mol. The van der Waals surface area contributed by atoms with Gasteiger partial charge in [0.05, 0.1) is 5.56 Å². The van der Waals surface area contributed by atoms with Gasteiger partial charge in [0.1, 0.15) is 0 Å². The molecule has 0 bridgehead atoms. The third kappa shape index (κ3) is 4.31. The van der Waals surface area contributed by atoms with Gasteiger partial charge in [0.2, 0.25) is 0 Å². The minimum Gasteiger partial charge on any atom is -0.339 e. The third-order valence-electron chi connectivity index (χ3n) is 4.26. The van der Waals surface area contributed by atoms with E-state index in [1.807, 2.05) is 11.0 Å². The van der Waals surface area contributed by atoms with Gasteiger partial charge in [-0.15, -0.1) is 24.8 Å². The molecule has 1 aromatic rings. The molecule has 2 fully saturated rings. The number of halogens is 3. The Morgan fingerprint density at radius 2 is 1.81 bits per heavy atom. The normalized spacial score (nSPS) is 24.3. The van der Waals surface area contributed by atoms with E-state index in [4.69, 9.17) is 0 Å². The molecule has 3 heterocycles. The van der Waals surface area contributed by atoms with Crippen LogP contribution in [0.25, 0.3) is 0 Å². The number of hydrogen-bond acceptors (Lipinski definition) is 3. The summed E-state index contributed by atoms with van der Waals surface area (Å²) in [5.74, 6) is 1.61. The maximum Gasteiger partial charge on any atom is 0.255 e. The van der Waals surface area contributed by atoms with Crippen molar-refractivity contribution >= 4 is 46.7 Å². The van der Waals surface area contributed by atoms with E-state index in [1.165, 1.54) is 0 Å². The molecule has 0 radical (unpaired) electrons. The zero-order valence-corrected chi connectivity index (χ0v) is 14.8. The number of nitrogens with zero attached hydrogens (tertiary/aromatic N) is 2. The van der Waals surface area contributed by atoms with Gasteiger partial charge in [-0.1, -0.05) is 0 Å². The second-order valence-electron chi connectivity index (χ2n) is 5.44. The number of fused-ring (bicyclic) bond motifs is 1. The predicted molar refractivity (Wildman–Crippen MR) is 91.4 cm³/mol. The summed E-state index contributed by atoms with van der Waals surface area (Å²) in [4.78, 5) is 18.5. The van der Waals surface area contributed by atoms with Crippen LogP contribution < -0.4 is 5.32 Å². The summed E-state index contributed by atoms with van der Waals surface area (Å²) >= 11 is 3.37. The number of likely N-dealkylation sites (tertiary alicyclic amines) is 1. The Morgan fingerprint density at radius 1 is 1.19 bits per heavy atom. The van der Waals surface area contributed by atoms with Crippen molar-refractivity contribution in [2.45, 2.75) is 12.8 Å². The van der Waals surface area contributed by atoms with Crippen LogP contribution in [0.4, 0.5) is 0 Å². The van der Waals surface area contributed by atoms with Crippen LogP contribution in [0.5, 0.6) is 0 Å². The van der Waals surface area contributed by atoms with E-state index >= 15 is 0 Å². The van der Waals surface area contributed by atoms with Crippen LogP contribution in [0.15, 0.2) is 22.9 Å². The van der Waals surface area contributed by atoms with Crippen LogP contribution in [0, 0.1) is 11.8 Å². The molecule has 0 aliphatic carbocycles. The molecule has 21 heavy (non-hydrogen) atoms. The van der Waals surface area contributed by atoms with Crippen molar-refractivity contribution in [2.75, 3.05) is 26.2 Å². The van der Waals surface area contributed by atoms with Gasteiger partial charge in [0.25, 0.3) is 5.91 Å². The molecule has 1 N–H and O–H groups in total. The van der Waals surface area contributed by atoms with Gasteiger partial charge in [-0.05, 0) is 59.8 Å². The molecule has 0 spiro atoms. The van der Waals surface area contributed by atoms with Gasteiger partial charge in [0.15, 0.2) is 0 Å². The second kappa shape index (κ2) is 8.32. The van der Waals surface area contributed by atoms with Crippen molar-refractivity contribution in [1.82, 2.24) is 15.2 Å². The molecule has 1 amide bonds. The van der Waals surface area contributed by atoms with Crippen molar-refractivity contribution in [3.05, 3.63) is 28.5 Å². The minimum absolute atomic E-state index is 0. The Morgan fingerprint density at radius 3 is 2.38 bits per heavy atom. The van der Waals surface area contributed by atoms with E-state index in [2.05, 4.69) is 26.2 Å². The third-order valence-corrected chi connectivity index (χ3v) is 4.69. The topological polar surface area (TPSA) is 45.2 Å². The maximum absolute atomic E-state index is 12.5. The van der Waals surface area contributed by atoms with Gasteiger partial charge in [-0.25, -0.2) is 0 Å². The standard InChI is InChI=1S/C14H18BrN3O.2ClH/c15-13-5-12(8-17-9-13)14(19)18-3-1-10-6-16-7-11(10)2-4-18;;/h5,8-11,16H,1-4,6-7H2;2*1H/t10-,11+;;. The summed E-state index contributed by atoms with van der Waals surface area (Å²) in [6, 6.07) is 1.85. The average Bonchev–Trinajstić information content (AvgIpc) is 2.77. The van der Waals surface area contributed by atoms with Crippen LogP contribution in [-0.4, -0.2) is 42.0 Å². The SMILES string of the molecule is Cl.Cl.O=C(c1cncc(Br)c1)N1CC[C@@H]2CNC[C@@H]2CC1. The first-order chi connectivity index (χ1) is 9.24. The summed E-state index contributed by atoms with van der Waals surface area (Å²) in [5, 5.41) is 3.46. The first-order valence-corrected chi connectivity index (χ1v) is 7.64. The highest BCUT2D eigenvalue weighted by atomic mass is 79.9. The van der Waals surface area contributed by atoms with E-state index in [0.29, 0.717) is 5.56 Å². The second-order valence-corrected chi connectivity index (χ2v) is 6.36. The fourth-order valence-corrected chi connectivity index (χ4v) is 3.50. The highest BCUT2D eigenvalue weighted by Crippen LogP contribution is 2.27. The lowest BCUT2D eigenvalue weighted by Gasteiger charge is -2.20. The van der Waals surface area contributed by atoms with Gasteiger partial charge < -0.3 is 10.2 Å². The Bertz CT molecular complexity index is 475.